The van der Waals surface area contributed by atoms with Crippen LogP contribution in [0.2, 0.25) is 0 Å². The van der Waals surface area contributed by atoms with Crippen LogP contribution in [0.25, 0.3) is 49.7 Å². The van der Waals surface area contributed by atoms with Gasteiger partial charge in [0.25, 0.3) is 0 Å². The van der Waals surface area contributed by atoms with Gasteiger partial charge in [0.05, 0.1) is 22.1 Å². The van der Waals surface area contributed by atoms with Gasteiger partial charge in [0, 0.05) is 43.9 Å². The van der Waals surface area contributed by atoms with Gasteiger partial charge in [-0.15, -0.1) is 0 Å². The summed E-state index contributed by atoms with van der Waals surface area (Å²) in [5.41, 5.74) is 19.4. The predicted octanol–water partition coefficient (Wildman–Crippen LogP) is 15.5. The molecule has 66 heavy (non-hydrogen) atoms. The number of carbonyl (C=O) groups is 2. The highest BCUT2D eigenvalue weighted by atomic mass is 16.1. The molecule has 4 aliphatic rings. The third-order valence-electron chi connectivity index (χ3n) is 15.8. The number of hydrogen-bond acceptors (Lipinski definition) is 2. The Morgan fingerprint density at radius 2 is 1.09 bits per heavy atom. The molecule has 3 nitrogen and oxygen atoms in total. The van der Waals surface area contributed by atoms with Crippen LogP contribution in [-0.2, 0) is 16.2 Å². The molecule has 8 aromatic rings. The minimum absolute atomic E-state index is 0.00367. The van der Waals surface area contributed by atoms with Crippen LogP contribution in [0.4, 0.5) is 0 Å². The molecule has 3 aliphatic carbocycles. The standard InChI is InChI=1S/C63H53NO2/c1-7-18-42(8-2)63(43-19-10-9-11-20-43)52-25-16-17-26-57(52)64-56-32-29-38(59(65)39-27-30-46-44-21-12-14-23-50(44)61(3,4)53(46)35-39)33-48(56)49-34-41(37-55(63)58(49)64)60(66)40-28-31-47-45-22-13-15-24-51(45)62(5,6)54(47)36-40/h8,10,12-17,19-37H,7,9,11,18H2,1-6H3. The van der Waals surface area contributed by atoms with E-state index >= 15 is 4.79 Å². The summed E-state index contributed by atoms with van der Waals surface area (Å²) in [5.74, 6) is -0.0149. The number of nitrogens with zero attached hydrogens (tertiary/aromatic N) is 1. The zero-order valence-electron chi connectivity index (χ0n) is 38.7. The topological polar surface area (TPSA) is 39.1 Å². The van der Waals surface area contributed by atoms with Crippen molar-refractivity contribution < 1.29 is 9.59 Å². The first-order valence-corrected chi connectivity index (χ1v) is 23.8. The van der Waals surface area contributed by atoms with E-state index in [1.165, 1.54) is 61.2 Å². The number of fused-ring (bicyclic) bond motifs is 11. The summed E-state index contributed by atoms with van der Waals surface area (Å²) in [7, 11) is 0. The molecule has 2 heterocycles. The average molecular weight is 856 g/mol. The second-order valence-electron chi connectivity index (χ2n) is 20.0. The lowest BCUT2D eigenvalue weighted by atomic mass is 9.60. The van der Waals surface area contributed by atoms with Crippen LogP contribution in [0.1, 0.15) is 132 Å². The highest BCUT2D eigenvalue weighted by molar-refractivity contribution is 6.19. The molecule has 0 amide bonds. The van der Waals surface area contributed by atoms with Crippen LogP contribution in [0.3, 0.4) is 0 Å². The maximum absolute atomic E-state index is 15.5. The minimum Gasteiger partial charge on any atom is -0.309 e. The smallest absolute Gasteiger partial charge is 0.193 e. The number of hydrogen-bond donors (Lipinski definition) is 0. The first-order valence-electron chi connectivity index (χ1n) is 23.8. The summed E-state index contributed by atoms with van der Waals surface area (Å²) < 4.78 is 2.41. The van der Waals surface area contributed by atoms with E-state index in [9.17, 15) is 4.79 Å². The quantitative estimate of drug-likeness (QED) is 0.113. The largest absolute Gasteiger partial charge is 0.309 e. The molecule has 1 atom stereocenters. The highest BCUT2D eigenvalue weighted by Gasteiger charge is 2.47. The molecule has 0 bridgehead atoms. The summed E-state index contributed by atoms with van der Waals surface area (Å²) in [5, 5.41) is 1.94. The lowest BCUT2D eigenvalue weighted by Crippen LogP contribution is -2.37. The fourth-order valence-electron chi connectivity index (χ4n) is 12.7. The third kappa shape index (κ3) is 5.37. The van der Waals surface area contributed by atoms with E-state index < -0.39 is 5.41 Å². The van der Waals surface area contributed by atoms with Crippen molar-refractivity contribution in [2.24, 2.45) is 0 Å². The number of carbonyl (C=O) groups excluding carboxylic acids is 2. The molecule has 0 radical (unpaired) electrons. The van der Waals surface area contributed by atoms with Crippen LogP contribution in [0.15, 0.2) is 175 Å². The van der Waals surface area contributed by atoms with Gasteiger partial charge in [-0.1, -0.05) is 162 Å². The molecular weight excluding hydrogens is 803 g/mol. The van der Waals surface area contributed by atoms with Crippen molar-refractivity contribution in [3.63, 3.8) is 0 Å². The van der Waals surface area contributed by atoms with Gasteiger partial charge in [-0.25, -0.2) is 0 Å². The summed E-state index contributed by atoms with van der Waals surface area (Å²) >= 11 is 0. The minimum atomic E-state index is -0.647. The Bertz CT molecular complexity index is 3540. The number of allylic oxidation sites excluding steroid dienone is 6. The van der Waals surface area contributed by atoms with E-state index in [4.69, 9.17) is 0 Å². The van der Waals surface area contributed by atoms with Crippen molar-refractivity contribution >= 4 is 33.4 Å². The molecule has 12 rings (SSSR count). The third-order valence-corrected chi connectivity index (χ3v) is 15.8. The molecule has 3 heteroatoms. The number of ketones is 2. The van der Waals surface area contributed by atoms with Gasteiger partial charge in [-0.05, 0) is 136 Å². The van der Waals surface area contributed by atoms with Crippen molar-refractivity contribution in [3.8, 4) is 27.9 Å². The summed E-state index contributed by atoms with van der Waals surface area (Å²) in [6, 6.07) is 49.2. The predicted molar refractivity (Wildman–Crippen MR) is 272 cm³/mol. The monoisotopic (exact) mass is 855 g/mol. The Kier molecular flexibility index (Phi) is 8.85. The van der Waals surface area contributed by atoms with Gasteiger partial charge in [-0.2, -0.15) is 0 Å². The number of para-hydroxylation sites is 1. The van der Waals surface area contributed by atoms with Gasteiger partial charge >= 0.3 is 0 Å². The molecule has 1 unspecified atom stereocenters. The van der Waals surface area contributed by atoms with Crippen molar-refractivity contribution in [3.05, 3.63) is 231 Å². The second kappa shape index (κ2) is 14.4. The summed E-state index contributed by atoms with van der Waals surface area (Å²) in [4.78, 5) is 30.4. The lowest BCUT2D eigenvalue weighted by Gasteiger charge is -2.44. The zero-order valence-corrected chi connectivity index (χ0v) is 38.7. The van der Waals surface area contributed by atoms with E-state index in [1.54, 1.807) is 0 Å². The van der Waals surface area contributed by atoms with E-state index in [2.05, 4.69) is 192 Å². The van der Waals surface area contributed by atoms with Crippen LogP contribution < -0.4 is 0 Å². The molecule has 0 fully saturated rings. The van der Waals surface area contributed by atoms with E-state index in [-0.39, 0.29) is 22.4 Å². The summed E-state index contributed by atoms with van der Waals surface area (Å²) in [6.07, 6.45) is 13.2. The SMILES string of the molecule is CC=C(CCC)C1(C2=CCCC=C2)c2ccccc2-n2c3ccc(C(=O)c4ccc5c(c4)C(C)(C)c4ccccc4-5)cc3c3cc(C(=O)c4ccc5c(c4)C(C)(C)c4ccccc4-5)cc1c32. The molecule has 322 valence electrons. The van der Waals surface area contributed by atoms with Crippen LogP contribution in [-0.4, -0.2) is 16.1 Å². The van der Waals surface area contributed by atoms with Gasteiger partial charge < -0.3 is 4.57 Å². The fourth-order valence-corrected chi connectivity index (χ4v) is 12.7. The molecule has 0 N–H and O–H groups in total. The van der Waals surface area contributed by atoms with Crippen molar-refractivity contribution in [2.45, 2.75) is 83.5 Å². The molecule has 1 aromatic heterocycles. The highest BCUT2D eigenvalue weighted by Crippen LogP contribution is 2.57. The van der Waals surface area contributed by atoms with Crippen molar-refractivity contribution in [1.29, 1.82) is 0 Å². The van der Waals surface area contributed by atoms with Crippen LogP contribution in [0.5, 0.6) is 0 Å². The Labute approximate surface area is 387 Å². The Morgan fingerprint density at radius 1 is 0.561 bits per heavy atom. The van der Waals surface area contributed by atoms with Crippen LogP contribution >= 0.6 is 0 Å². The zero-order chi connectivity index (χ0) is 45.3. The van der Waals surface area contributed by atoms with E-state index in [0.717, 1.165) is 58.7 Å². The fraction of sp³-hybridized carbons (Fsp3) is 0.206. The molecule has 7 aromatic carbocycles. The van der Waals surface area contributed by atoms with Crippen molar-refractivity contribution in [1.82, 2.24) is 4.57 Å². The molecular formula is C63H53NO2. The van der Waals surface area contributed by atoms with Gasteiger partial charge in [0.2, 0.25) is 0 Å². The maximum Gasteiger partial charge on any atom is 0.193 e. The van der Waals surface area contributed by atoms with E-state index in [0.29, 0.717) is 22.3 Å². The molecule has 0 spiro atoms. The van der Waals surface area contributed by atoms with Gasteiger partial charge in [0.15, 0.2) is 11.6 Å². The number of benzene rings is 7. The summed E-state index contributed by atoms with van der Waals surface area (Å²) in [6.45, 7) is 13.5. The Morgan fingerprint density at radius 3 is 1.70 bits per heavy atom. The van der Waals surface area contributed by atoms with Gasteiger partial charge in [-0.3, -0.25) is 9.59 Å². The molecule has 0 saturated heterocycles. The van der Waals surface area contributed by atoms with E-state index in [1.807, 2.05) is 18.2 Å². The van der Waals surface area contributed by atoms with Crippen molar-refractivity contribution in [2.75, 3.05) is 0 Å². The first-order chi connectivity index (χ1) is 32.0. The average Bonchev–Trinajstić information content (AvgIpc) is 3.90. The maximum atomic E-state index is 15.5. The normalized spacial score (nSPS) is 18.1. The van der Waals surface area contributed by atoms with Gasteiger partial charge in [0.1, 0.15) is 0 Å². The number of aromatic nitrogens is 1. The molecule has 1 aliphatic heterocycles. The molecule has 0 saturated carbocycles. The lowest BCUT2D eigenvalue weighted by molar-refractivity contribution is 0.103. The first kappa shape index (κ1) is 40.4. The number of rotatable bonds is 8. The Balaban J connectivity index is 1.11. The van der Waals surface area contributed by atoms with Crippen LogP contribution in [0, 0.1) is 0 Å². The Hall–Kier alpha value is -7.10. The second-order valence-corrected chi connectivity index (χ2v) is 20.0.